The van der Waals surface area contributed by atoms with Crippen molar-refractivity contribution in [2.45, 2.75) is 20.8 Å². The van der Waals surface area contributed by atoms with Crippen LogP contribution in [-0.2, 0) is 0 Å². The van der Waals surface area contributed by atoms with Crippen molar-refractivity contribution in [1.29, 1.82) is 0 Å². The van der Waals surface area contributed by atoms with Crippen molar-refractivity contribution < 1.29 is 28.6 Å². The van der Waals surface area contributed by atoms with Crippen LogP contribution in [0.15, 0.2) is 164 Å². The molecule has 0 radical (unpaired) electrons. The van der Waals surface area contributed by atoms with Gasteiger partial charge >= 0.3 is 18.0 Å². The smallest absolute Gasteiger partial charge is 0.331 e. The third kappa shape index (κ3) is 11.3. The number of nitrogens with zero attached hydrogens (tertiary/aromatic N) is 3. The van der Waals surface area contributed by atoms with Gasteiger partial charge in [0, 0.05) is 16.7 Å². The summed E-state index contributed by atoms with van der Waals surface area (Å²) in [5.74, 6) is 0.539. The van der Waals surface area contributed by atoms with Crippen molar-refractivity contribution in [3.8, 4) is 35.3 Å². The van der Waals surface area contributed by atoms with Crippen LogP contribution in [0.2, 0.25) is 0 Å². The van der Waals surface area contributed by atoms with Gasteiger partial charge in [-0.2, -0.15) is 0 Å². The molecule has 1 heterocycles. The number of benzene rings is 6. The Morgan fingerprint density at radius 2 is 0.583 bits per heavy atom. The van der Waals surface area contributed by atoms with Crippen molar-refractivity contribution in [1.82, 2.24) is 15.0 Å². The normalized spacial score (nSPS) is 11.2. The van der Waals surface area contributed by atoms with Gasteiger partial charge in [-0.15, -0.1) is 15.0 Å². The van der Waals surface area contributed by atoms with E-state index in [1.165, 1.54) is 18.2 Å². The summed E-state index contributed by atoms with van der Waals surface area (Å²) in [6, 6.07) is 42.8. The van der Waals surface area contributed by atoms with Crippen molar-refractivity contribution in [2.75, 3.05) is 0 Å². The molecule has 0 saturated carbocycles. The number of carbonyl (C=O) groups excluding carboxylic acids is 3. The van der Waals surface area contributed by atoms with Gasteiger partial charge in [0.05, 0.1) is 0 Å². The number of carbonyl (C=O) groups is 3. The number of ether oxygens (including phenoxy) is 3. The SMILES string of the molecule is Cc1ccc(/C=C/C(=O)c2ccc(Oc3nc(Oc4ccc(C(=O)/C=C/c5ccc(C)cc5)cc4)nc(Oc4ccc(C(=O)/C=C/c5ccc(C)cc5)cc4)n3)cc2)cc1. The summed E-state index contributed by atoms with van der Waals surface area (Å²) in [6.07, 6.45) is 9.87. The van der Waals surface area contributed by atoms with Crippen LogP contribution in [0.1, 0.15) is 64.5 Å². The number of hydrogen-bond donors (Lipinski definition) is 0. The van der Waals surface area contributed by atoms with Gasteiger partial charge in [-0.1, -0.05) is 108 Å². The summed E-state index contributed by atoms with van der Waals surface area (Å²) in [5.41, 5.74) is 7.58. The quantitative estimate of drug-likeness (QED) is 0.0739. The van der Waals surface area contributed by atoms with Crippen LogP contribution >= 0.6 is 0 Å². The largest absolute Gasteiger partial charge is 0.424 e. The molecule has 1 aromatic heterocycles. The van der Waals surface area contributed by atoms with E-state index in [-0.39, 0.29) is 35.4 Å². The van der Waals surface area contributed by atoms with Crippen LogP contribution < -0.4 is 14.2 Å². The molecule has 0 bridgehead atoms. The van der Waals surface area contributed by atoms with E-state index in [9.17, 15) is 14.4 Å². The lowest BCUT2D eigenvalue weighted by molar-refractivity contribution is 0.103. The highest BCUT2D eigenvalue weighted by molar-refractivity contribution is 6.08. The molecule has 0 atom stereocenters. The standard InChI is InChI=1S/C51H39N3O6/c1-34-4-10-37(11-5-34)16-31-46(55)40-19-25-43(26-20-40)58-49-52-50(59-44-27-21-41(22-28-44)47(56)32-17-38-12-6-35(2)7-13-38)54-51(53-49)60-45-29-23-42(24-30-45)48(57)33-18-39-14-8-36(3)9-15-39/h4-33H,1-3H3/b31-16+,32-17+,33-18+. The Kier molecular flexibility index (Phi) is 12.7. The lowest BCUT2D eigenvalue weighted by Gasteiger charge is -2.10. The van der Waals surface area contributed by atoms with Crippen molar-refractivity contribution in [3.63, 3.8) is 0 Å². The van der Waals surface area contributed by atoms with Gasteiger partial charge in [0.2, 0.25) is 0 Å². The maximum absolute atomic E-state index is 12.9. The molecule has 0 saturated heterocycles. The average Bonchev–Trinajstić information content (AvgIpc) is 3.26. The van der Waals surface area contributed by atoms with E-state index >= 15 is 0 Å². The third-order valence-electron chi connectivity index (χ3n) is 9.13. The van der Waals surface area contributed by atoms with Crippen molar-refractivity contribution in [3.05, 3.63) is 214 Å². The fraction of sp³-hybridized carbons (Fsp3) is 0.0588. The Hall–Kier alpha value is -8.04. The Labute approximate surface area is 348 Å². The number of ketones is 3. The second kappa shape index (κ2) is 18.9. The second-order valence-electron chi connectivity index (χ2n) is 13.9. The van der Waals surface area contributed by atoms with Gasteiger partial charge in [-0.05, 0) is 128 Å². The van der Waals surface area contributed by atoms with E-state index in [1.807, 2.05) is 93.6 Å². The molecular formula is C51H39N3O6. The minimum absolute atomic E-state index is 0.144. The van der Waals surface area contributed by atoms with Crippen LogP contribution in [-0.4, -0.2) is 32.3 Å². The predicted molar refractivity (Wildman–Crippen MR) is 233 cm³/mol. The van der Waals surface area contributed by atoms with E-state index < -0.39 is 0 Å². The second-order valence-corrected chi connectivity index (χ2v) is 13.9. The Morgan fingerprint density at radius 1 is 0.350 bits per heavy atom. The maximum atomic E-state index is 12.9. The van der Waals surface area contributed by atoms with Gasteiger partial charge in [0.15, 0.2) is 17.3 Å². The van der Waals surface area contributed by atoms with E-state index in [4.69, 9.17) is 14.2 Å². The lowest BCUT2D eigenvalue weighted by atomic mass is 10.1. The van der Waals surface area contributed by atoms with E-state index in [1.54, 1.807) is 91.0 Å². The molecule has 7 aromatic rings. The summed E-state index contributed by atoms with van der Waals surface area (Å²) in [6.45, 7) is 6.02. The number of hydrogen-bond acceptors (Lipinski definition) is 9. The van der Waals surface area contributed by atoms with Gasteiger partial charge in [0.25, 0.3) is 0 Å². The summed E-state index contributed by atoms with van der Waals surface area (Å²) in [4.78, 5) is 51.7. The first-order chi connectivity index (χ1) is 29.1. The molecule has 0 amide bonds. The van der Waals surface area contributed by atoms with Gasteiger partial charge < -0.3 is 14.2 Å². The molecule has 294 valence electrons. The monoisotopic (exact) mass is 789 g/mol. The highest BCUT2D eigenvalue weighted by Gasteiger charge is 2.15. The maximum Gasteiger partial charge on any atom is 0.331 e. The molecule has 9 heteroatoms. The number of allylic oxidation sites excluding steroid dienone is 3. The molecular weight excluding hydrogens is 751 g/mol. The highest BCUT2D eigenvalue weighted by atomic mass is 16.5. The molecule has 60 heavy (non-hydrogen) atoms. The zero-order valence-corrected chi connectivity index (χ0v) is 33.1. The van der Waals surface area contributed by atoms with Crippen molar-refractivity contribution in [2.24, 2.45) is 0 Å². The molecule has 0 spiro atoms. The Bertz CT molecular complexity index is 2390. The molecule has 9 nitrogen and oxygen atoms in total. The first kappa shape index (κ1) is 40.2. The topological polar surface area (TPSA) is 118 Å². The third-order valence-corrected chi connectivity index (χ3v) is 9.13. The highest BCUT2D eigenvalue weighted by Crippen LogP contribution is 2.28. The van der Waals surface area contributed by atoms with Crippen LogP contribution in [0.3, 0.4) is 0 Å². The van der Waals surface area contributed by atoms with E-state index in [0.29, 0.717) is 33.9 Å². The van der Waals surface area contributed by atoms with E-state index in [0.717, 1.165) is 33.4 Å². The molecule has 0 fully saturated rings. The number of aryl methyl sites for hydroxylation is 3. The minimum Gasteiger partial charge on any atom is -0.424 e. The molecule has 0 aliphatic rings. The van der Waals surface area contributed by atoms with Crippen LogP contribution in [0.5, 0.6) is 35.3 Å². The summed E-state index contributed by atoms with van der Waals surface area (Å²) in [7, 11) is 0. The Morgan fingerprint density at radius 3 is 0.817 bits per heavy atom. The van der Waals surface area contributed by atoms with E-state index in [2.05, 4.69) is 15.0 Å². The first-order valence-electron chi connectivity index (χ1n) is 19.1. The van der Waals surface area contributed by atoms with Crippen LogP contribution in [0.25, 0.3) is 18.2 Å². The first-order valence-corrected chi connectivity index (χ1v) is 19.1. The summed E-state index contributed by atoms with van der Waals surface area (Å²) < 4.78 is 18.0. The molecule has 0 unspecified atom stereocenters. The van der Waals surface area contributed by atoms with Gasteiger partial charge in [-0.25, -0.2) is 0 Å². The number of rotatable bonds is 15. The summed E-state index contributed by atoms with van der Waals surface area (Å²) >= 11 is 0. The van der Waals surface area contributed by atoms with Crippen LogP contribution in [0.4, 0.5) is 0 Å². The fourth-order valence-electron chi connectivity index (χ4n) is 5.67. The zero-order valence-electron chi connectivity index (χ0n) is 33.1. The Balaban J connectivity index is 1.07. The summed E-state index contributed by atoms with van der Waals surface area (Å²) in [5, 5.41) is 0. The average molecular weight is 790 g/mol. The van der Waals surface area contributed by atoms with Crippen molar-refractivity contribution >= 4 is 35.6 Å². The predicted octanol–water partition coefficient (Wildman–Crippen LogP) is 11.9. The number of aromatic nitrogens is 3. The lowest BCUT2D eigenvalue weighted by Crippen LogP contribution is -2.02. The molecule has 0 N–H and O–H groups in total. The molecule has 7 rings (SSSR count). The molecule has 0 aliphatic carbocycles. The molecule has 6 aromatic carbocycles. The van der Waals surface area contributed by atoms with Gasteiger partial charge in [-0.3, -0.25) is 14.4 Å². The van der Waals surface area contributed by atoms with Gasteiger partial charge in [0.1, 0.15) is 17.2 Å². The molecule has 0 aliphatic heterocycles. The fourth-order valence-corrected chi connectivity index (χ4v) is 5.67. The minimum atomic E-state index is -0.168. The zero-order chi connectivity index (χ0) is 41.8. The van der Waals surface area contributed by atoms with Crippen LogP contribution in [0, 0.1) is 20.8 Å².